The number of cyclic esters (lactones) is 1. The maximum atomic E-state index is 11.8. The Hall–Kier alpha value is -2.23. The number of nitrogens with one attached hydrogen (secondary N) is 1. The van der Waals surface area contributed by atoms with Crippen molar-refractivity contribution in [2.75, 3.05) is 13.2 Å². The first-order valence-electron chi connectivity index (χ1n) is 7.60. The minimum Gasteiger partial charge on any atom is -0.493 e. The molecule has 1 amide bonds. The Morgan fingerprint density at radius 2 is 2.05 bits per heavy atom. The molecule has 0 unspecified atom stereocenters. The summed E-state index contributed by atoms with van der Waals surface area (Å²) in [4.78, 5) is 11.8. The lowest BCUT2D eigenvalue weighted by molar-refractivity contribution is 0.0384. The second kappa shape index (κ2) is 5.52. The van der Waals surface area contributed by atoms with Crippen molar-refractivity contribution in [1.29, 1.82) is 0 Å². The maximum absolute atomic E-state index is 11.8. The predicted octanol–water partition coefficient (Wildman–Crippen LogP) is 4.05. The number of benzene rings is 2. The van der Waals surface area contributed by atoms with E-state index >= 15 is 0 Å². The lowest BCUT2D eigenvalue weighted by Gasteiger charge is -2.39. The third kappa shape index (κ3) is 2.49. The molecule has 3 rings (SSSR count). The van der Waals surface area contributed by atoms with Crippen LogP contribution in [0.2, 0.25) is 0 Å². The molecule has 1 aliphatic heterocycles. The van der Waals surface area contributed by atoms with E-state index in [0.29, 0.717) is 13.2 Å². The van der Waals surface area contributed by atoms with Gasteiger partial charge in [0.25, 0.3) is 0 Å². The highest BCUT2D eigenvalue weighted by molar-refractivity contribution is 5.89. The van der Waals surface area contributed by atoms with E-state index in [1.807, 2.05) is 25.1 Å². The van der Waals surface area contributed by atoms with Gasteiger partial charge in [-0.25, -0.2) is 4.79 Å². The molecule has 116 valence electrons. The normalized spacial score (nSPS) is 20.3. The molecule has 1 N–H and O–H groups in total. The second-order valence-corrected chi connectivity index (χ2v) is 6.27. The van der Waals surface area contributed by atoms with Crippen LogP contribution in [-0.2, 0) is 4.74 Å². The largest absolute Gasteiger partial charge is 0.493 e. The van der Waals surface area contributed by atoms with Crippen molar-refractivity contribution < 1.29 is 14.3 Å². The van der Waals surface area contributed by atoms with Crippen molar-refractivity contribution >= 4 is 16.9 Å². The van der Waals surface area contributed by atoms with Crippen LogP contribution in [0.5, 0.6) is 5.75 Å². The fourth-order valence-corrected chi connectivity index (χ4v) is 3.01. The molecule has 1 atom stereocenters. The molecule has 0 spiro atoms. The highest BCUT2D eigenvalue weighted by Gasteiger charge is 2.40. The number of amides is 1. The number of carbonyl (C=O) groups is 1. The van der Waals surface area contributed by atoms with Gasteiger partial charge in [-0.15, -0.1) is 0 Å². The van der Waals surface area contributed by atoms with Crippen LogP contribution in [0, 0.1) is 5.41 Å². The lowest BCUT2D eigenvalue weighted by atomic mass is 9.78. The molecule has 0 radical (unpaired) electrons. The zero-order valence-electron chi connectivity index (χ0n) is 13.2. The number of hydrogen-bond acceptors (Lipinski definition) is 3. The summed E-state index contributed by atoms with van der Waals surface area (Å²) in [5.74, 6) is 0.821. The van der Waals surface area contributed by atoms with Gasteiger partial charge in [-0.1, -0.05) is 44.2 Å². The molecular weight excluding hydrogens is 278 g/mol. The van der Waals surface area contributed by atoms with Gasteiger partial charge in [-0.3, -0.25) is 0 Å². The lowest BCUT2D eigenvalue weighted by Crippen LogP contribution is -2.47. The van der Waals surface area contributed by atoms with E-state index in [2.05, 4.69) is 37.4 Å². The SMILES string of the molecule is CCOc1ccc2ccccc2c1[C@@H]1NC(=O)OCC1(C)C. The summed E-state index contributed by atoms with van der Waals surface area (Å²) in [6, 6.07) is 12.1. The molecule has 1 fully saturated rings. The first kappa shape index (κ1) is 14.7. The van der Waals surface area contributed by atoms with Gasteiger partial charge >= 0.3 is 6.09 Å². The van der Waals surface area contributed by atoms with Crippen LogP contribution >= 0.6 is 0 Å². The van der Waals surface area contributed by atoms with Crippen molar-refractivity contribution in [3.05, 3.63) is 42.0 Å². The van der Waals surface area contributed by atoms with Crippen molar-refractivity contribution in [3.63, 3.8) is 0 Å². The van der Waals surface area contributed by atoms with Gasteiger partial charge in [0.15, 0.2) is 0 Å². The summed E-state index contributed by atoms with van der Waals surface area (Å²) in [5, 5.41) is 5.21. The van der Waals surface area contributed by atoms with Crippen LogP contribution < -0.4 is 10.1 Å². The van der Waals surface area contributed by atoms with E-state index in [1.54, 1.807) is 0 Å². The van der Waals surface area contributed by atoms with Gasteiger partial charge < -0.3 is 14.8 Å². The van der Waals surface area contributed by atoms with Crippen molar-refractivity contribution in [1.82, 2.24) is 5.32 Å². The molecular formula is C18H21NO3. The molecule has 2 aromatic rings. The van der Waals surface area contributed by atoms with E-state index in [4.69, 9.17) is 9.47 Å². The molecule has 0 aromatic heterocycles. The van der Waals surface area contributed by atoms with Gasteiger partial charge in [0.2, 0.25) is 0 Å². The third-order valence-corrected chi connectivity index (χ3v) is 4.14. The van der Waals surface area contributed by atoms with Gasteiger partial charge in [-0.2, -0.15) is 0 Å². The van der Waals surface area contributed by atoms with Crippen LogP contribution in [0.4, 0.5) is 4.79 Å². The topological polar surface area (TPSA) is 47.6 Å². The molecule has 4 heteroatoms. The van der Waals surface area contributed by atoms with Gasteiger partial charge in [0, 0.05) is 11.0 Å². The minimum atomic E-state index is -0.375. The molecule has 2 aromatic carbocycles. The number of rotatable bonds is 3. The zero-order chi connectivity index (χ0) is 15.7. The Bertz CT molecular complexity index is 709. The smallest absolute Gasteiger partial charge is 0.407 e. The molecule has 22 heavy (non-hydrogen) atoms. The first-order chi connectivity index (χ1) is 10.5. The van der Waals surface area contributed by atoms with Crippen LogP contribution in [0.25, 0.3) is 10.8 Å². The summed E-state index contributed by atoms with van der Waals surface area (Å²) in [5.41, 5.74) is 0.811. The molecule has 1 aliphatic rings. The third-order valence-electron chi connectivity index (χ3n) is 4.14. The minimum absolute atomic E-state index is 0.151. The Morgan fingerprint density at radius 1 is 1.27 bits per heavy atom. The molecule has 0 saturated carbocycles. The van der Waals surface area contributed by atoms with Crippen molar-refractivity contribution in [2.24, 2.45) is 5.41 Å². The van der Waals surface area contributed by atoms with E-state index in [-0.39, 0.29) is 17.6 Å². The fourth-order valence-electron chi connectivity index (χ4n) is 3.01. The number of carbonyl (C=O) groups excluding carboxylic acids is 1. The quantitative estimate of drug-likeness (QED) is 0.930. The van der Waals surface area contributed by atoms with Gasteiger partial charge in [0.05, 0.1) is 12.6 Å². The Balaban J connectivity index is 2.22. The van der Waals surface area contributed by atoms with Crippen LogP contribution in [0.15, 0.2) is 36.4 Å². The van der Waals surface area contributed by atoms with Gasteiger partial charge in [0.1, 0.15) is 12.4 Å². The summed E-state index contributed by atoms with van der Waals surface area (Å²) in [6.07, 6.45) is -0.375. The maximum Gasteiger partial charge on any atom is 0.407 e. The van der Waals surface area contributed by atoms with Gasteiger partial charge in [-0.05, 0) is 23.8 Å². The van der Waals surface area contributed by atoms with E-state index < -0.39 is 0 Å². The highest BCUT2D eigenvalue weighted by Crippen LogP contribution is 2.43. The van der Waals surface area contributed by atoms with Crippen molar-refractivity contribution in [2.45, 2.75) is 26.8 Å². The summed E-state index contributed by atoms with van der Waals surface area (Å²) >= 11 is 0. The Kier molecular flexibility index (Phi) is 3.69. The number of alkyl carbamates (subject to hydrolysis) is 1. The standard InChI is InChI=1S/C18H21NO3/c1-4-21-14-10-9-12-7-5-6-8-13(12)15(14)16-18(2,3)11-22-17(20)19-16/h5-10,16H,4,11H2,1-3H3,(H,19,20)/t16-/m0/s1. The predicted molar refractivity (Wildman–Crippen MR) is 86.1 cm³/mol. The number of ether oxygens (including phenoxy) is 2. The monoisotopic (exact) mass is 299 g/mol. The summed E-state index contributed by atoms with van der Waals surface area (Å²) in [7, 11) is 0. The average molecular weight is 299 g/mol. The van der Waals surface area contributed by atoms with E-state index in [9.17, 15) is 4.79 Å². The van der Waals surface area contributed by atoms with E-state index in [1.165, 1.54) is 0 Å². The van der Waals surface area contributed by atoms with E-state index in [0.717, 1.165) is 22.1 Å². The average Bonchev–Trinajstić information content (AvgIpc) is 2.50. The molecule has 1 heterocycles. The summed E-state index contributed by atoms with van der Waals surface area (Å²) < 4.78 is 11.0. The molecule has 0 aliphatic carbocycles. The van der Waals surface area contributed by atoms with Crippen molar-refractivity contribution in [3.8, 4) is 5.75 Å². The Morgan fingerprint density at radius 3 is 2.82 bits per heavy atom. The fraction of sp³-hybridized carbons (Fsp3) is 0.389. The summed E-state index contributed by atoms with van der Waals surface area (Å²) in [6.45, 7) is 7.12. The highest BCUT2D eigenvalue weighted by atomic mass is 16.6. The van der Waals surface area contributed by atoms with Crippen LogP contribution in [0.1, 0.15) is 32.4 Å². The zero-order valence-corrected chi connectivity index (χ0v) is 13.2. The molecule has 1 saturated heterocycles. The van der Waals surface area contributed by atoms with Crippen LogP contribution in [-0.4, -0.2) is 19.3 Å². The van der Waals surface area contributed by atoms with Crippen LogP contribution in [0.3, 0.4) is 0 Å². The molecule has 0 bridgehead atoms. The Labute approximate surface area is 130 Å². The molecule has 4 nitrogen and oxygen atoms in total. The number of fused-ring (bicyclic) bond motifs is 1. The number of hydrogen-bond donors (Lipinski definition) is 1. The second-order valence-electron chi connectivity index (χ2n) is 6.27. The first-order valence-corrected chi connectivity index (χ1v) is 7.60.